The lowest BCUT2D eigenvalue weighted by Gasteiger charge is -2.41. The van der Waals surface area contributed by atoms with Crippen molar-refractivity contribution in [1.82, 2.24) is 4.90 Å². The number of ether oxygens (including phenoxy) is 1. The van der Waals surface area contributed by atoms with Gasteiger partial charge >= 0.3 is 0 Å². The zero-order valence-electron chi connectivity index (χ0n) is 20.5. The average molecular weight is 458 g/mol. The molecule has 0 saturated carbocycles. The highest BCUT2D eigenvalue weighted by atomic mass is 16.5. The van der Waals surface area contributed by atoms with Gasteiger partial charge in [0.2, 0.25) is 0 Å². The minimum atomic E-state index is -0.988. The molecule has 1 fully saturated rings. The molecule has 34 heavy (non-hydrogen) atoms. The van der Waals surface area contributed by atoms with E-state index in [-0.39, 0.29) is 5.92 Å². The van der Waals surface area contributed by atoms with Crippen LogP contribution in [0.5, 0.6) is 5.75 Å². The van der Waals surface area contributed by atoms with Crippen molar-refractivity contribution in [3.05, 3.63) is 102 Å². The first-order chi connectivity index (χ1) is 16.7. The fourth-order valence-electron chi connectivity index (χ4n) is 5.18. The van der Waals surface area contributed by atoms with Gasteiger partial charge in [-0.05, 0) is 74.0 Å². The molecule has 2 atom stereocenters. The molecule has 3 heteroatoms. The molecule has 1 aliphatic heterocycles. The Balaban J connectivity index is 1.69. The van der Waals surface area contributed by atoms with Gasteiger partial charge in [0.25, 0.3) is 0 Å². The second-order valence-electron chi connectivity index (χ2n) is 9.61. The summed E-state index contributed by atoms with van der Waals surface area (Å²) >= 11 is 0. The van der Waals surface area contributed by atoms with Gasteiger partial charge in [-0.3, -0.25) is 0 Å². The molecule has 3 nitrogen and oxygen atoms in total. The van der Waals surface area contributed by atoms with Gasteiger partial charge in [-0.1, -0.05) is 86.1 Å². The van der Waals surface area contributed by atoms with Crippen LogP contribution in [0.15, 0.2) is 84.9 Å². The standard InChI is InChI=1S/C31H39NO2/c1-2-24-34-29-18-16-28(17-19-29)31(33,21-20-26-12-6-3-7-13-26)30(27-14-8-4-9-15-27)25-32-22-10-5-11-23-32/h3-4,6-9,12-19,30,33H,2,5,10-11,20-25H2,1H3/t30-,31+/m0/s1. The Morgan fingerprint density at radius 2 is 1.50 bits per heavy atom. The van der Waals surface area contributed by atoms with Gasteiger partial charge in [0, 0.05) is 12.5 Å². The summed E-state index contributed by atoms with van der Waals surface area (Å²) in [4.78, 5) is 2.55. The zero-order valence-corrected chi connectivity index (χ0v) is 20.5. The lowest BCUT2D eigenvalue weighted by Crippen LogP contribution is -2.43. The Kier molecular flexibility index (Phi) is 8.79. The average Bonchev–Trinajstić information content (AvgIpc) is 2.91. The molecule has 180 valence electrons. The number of hydrogen-bond donors (Lipinski definition) is 1. The van der Waals surface area contributed by atoms with Crippen molar-refractivity contribution in [3.63, 3.8) is 0 Å². The molecule has 0 bridgehead atoms. The van der Waals surface area contributed by atoms with Crippen LogP contribution < -0.4 is 4.74 Å². The third kappa shape index (κ3) is 6.28. The van der Waals surface area contributed by atoms with E-state index >= 15 is 0 Å². The highest BCUT2D eigenvalue weighted by Gasteiger charge is 2.40. The lowest BCUT2D eigenvalue weighted by molar-refractivity contribution is -0.0144. The quantitative estimate of drug-likeness (QED) is 0.354. The van der Waals surface area contributed by atoms with E-state index in [4.69, 9.17) is 4.74 Å². The van der Waals surface area contributed by atoms with E-state index in [0.717, 1.165) is 43.8 Å². The Morgan fingerprint density at radius 3 is 2.15 bits per heavy atom. The highest BCUT2D eigenvalue weighted by molar-refractivity contribution is 5.36. The molecule has 1 aliphatic rings. The Hall–Kier alpha value is -2.62. The molecule has 1 heterocycles. The molecule has 0 spiro atoms. The van der Waals surface area contributed by atoms with Crippen LogP contribution in [0.4, 0.5) is 0 Å². The van der Waals surface area contributed by atoms with Crippen molar-refractivity contribution in [3.8, 4) is 5.75 Å². The highest BCUT2D eigenvalue weighted by Crippen LogP contribution is 2.42. The lowest BCUT2D eigenvalue weighted by atomic mass is 9.73. The van der Waals surface area contributed by atoms with Crippen LogP contribution in [0.25, 0.3) is 0 Å². The van der Waals surface area contributed by atoms with E-state index < -0.39 is 5.60 Å². The third-order valence-corrected chi connectivity index (χ3v) is 7.13. The Morgan fingerprint density at radius 1 is 0.853 bits per heavy atom. The second-order valence-corrected chi connectivity index (χ2v) is 9.61. The van der Waals surface area contributed by atoms with Crippen molar-refractivity contribution in [1.29, 1.82) is 0 Å². The van der Waals surface area contributed by atoms with Crippen LogP contribution in [-0.4, -0.2) is 36.2 Å². The maximum Gasteiger partial charge on any atom is 0.119 e. The fraction of sp³-hybridized carbons (Fsp3) is 0.419. The smallest absolute Gasteiger partial charge is 0.119 e. The normalized spacial score (nSPS) is 17.1. The maximum absolute atomic E-state index is 12.6. The molecule has 4 rings (SSSR count). The van der Waals surface area contributed by atoms with E-state index in [1.54, 1.807) is 0 Å². The topological polar surface area (TPSA) is 32.7 Å². The summed E-state index contributed by atoms with van der Waals surface area (Å²) in [6.07, 6.45) is 6.27. The predicted molar refractivity (Wildman–Crippen MR) is 140 cm³/mol. The Bertz CT molecular complexity index is 967. The number of hydrogen-bond acceptors (Lipinski definition) is 3. The van der Waals surface area contributed by atoms with Gasteiger partial charge in [0.1, 0.15) is 5.75 Å². The van der Waals surface area contributed by atoms with Crippen LogP contribution in [0.2, 0.25) is 0 Å². The molecule has 0 aliphatic carbocycles. The third-order valence-electron chi connectivity index (χ3n) is 7.13. The Labute approximate surface area is 205 Å². The van der Waals surface area contributed by atoms with Gasteiger partial charge in [-0.15, -0.1) is 0 Å². The first-order valence-corrected chi connectivity index (χ1v) is 13.0. The molecule has 3 aromatic rings. The fourth-order valence-corrected chi connectivity index (χ4v) is 5.18. The molecule has 3 aromatic carbocycles. The van der Waals surface area contributed by atoms with Crippen LogP contribution in [-0.2, 0) is 12.0 Å². The summed E-state index contributed by atoms with van der Waals surface area (Å²) in [5, 5.41) is 12.6. The van der Waals surface area contributed by atoms with Crippen molar-refractivity contribution in [2.75, 3.05) is 26.2 Å². The van der Waals surface area contributed by atoms with Crippen molar-refractivity contribution in [2.45, 2.75) is 57.0 Å². The van der Waals surface area contributed by atoms with Gasteiger partial charge in [-0.25, -0.2) is 0 Å². The van der Waals surface area contributed by atoms with E-state index in [1.165, 1.54) is 30.4 Å². The van der Waals surface area contributed by atoms with Gasteiger partial charge in [0.15, 0.2) is 0 Å². The van der Waals surface area contributed by atoms with Crippen molar-refractivity contribution < 1.29 is 9.84 Å². The largest absolute Gasteiger partial charge is 0.494 e. The first kappa shape index (κ1) is 24.5. The molecule has 1 saturated heterocycles. The van der Waals surface area contributed by atoms with Crippen LogP contribution >= 0.6 is 0 Å². The summed E-state index contributed by atoms with van der Waals surface area (Å²) in [6, 6.07) is 29.3. The number of aryl methyl sites for hydroxylation is 1. The summed E-state index contributed by atoms with van der Waals surface area (Å²) in [5.41, 5.74) is 2.44. The number of piperidine rings is 1. The molecular weight excluding hydrogens is 418 g/mol. The van der Waals surface area contributed by atoms with E-state index in [2.05, 4.69) is 78.6 Å². The molecule has 0 radical (unpaired) electrons. The number of aliphatic hydroxyl groups is 1. The zero-order chi connectivity index (χ0) is 23.6. The number of nitrogens with zero attached hydrogens (tertiary/aromatic N) is 1. The second kappa shape index (κ2) is 12.2. The minimum Gasteiger partial charge on any atom is -0.494 e. The van der Waals surface area contributed by atoms with Gasteiger partial charge in [0.05, 0.1) is 12.2 Å². The molecule has 0 aromatic heterocycles. The number of likely N-dealkylation sites (tertiary alicyclic amines) is 1. The summed E-state index contributed by atoms with van der Waals surface area (Å²) in [6.45, 7) is 5.91. The monoisotopic (exact) mass is 457 g/mol. The van der Waals surface area contributed by atoms with Crippen molar-refractivity contribution in [2.24, 2.45) is 0 Å². The van der Waals surface area contributed by atoms with E-state index in [0.29, 0.717) is 13.0 Å². The first-order valence-electron chi connectivity index (χ1n) is 13.0. The molecule has 0 amide bonds. The van der Waals surface area contributed by atoms with Gasteiger partial charge in [-0.2, -0.15) is 0 Å². The summed E-state index contributed by atoms with van der Waals surface area (Å²) < 4.78 is 5.83. The van der Waals surface area contributed by atoms with Gasteiger partial charge < -0.3 is 14.7 Å². The predicted octanol–water partition coefficient (Wildman–Crippen LogP) is 6.57. The van der Waals surface area contributed by atoms with Crippen LogP contribution in [0.3, 0.4) is 0 Å². The summed E-state index contributed by atoms with van der Waals surface area (Å²) in [5.74, 6) is 0.848. The summed E-state index contributed by atoms with van der Waals surface area (Å²) in [7, 11) is 0. The van der Waals surface area contributed by atoms with Crippen molar-refractivity contribution >= 4 is 0 Å². The van der Waals surface area contributed by atoms with E-state index in [9.17, 15) is 5.11 Å². The molecule has 1 N–H and O–H groups in total. The maximum atomic E-state index is 12.6. The molecular formula is C31H39NO2. The minimum absolute atomic E-state index is 0.0158. The van der Waals surface area contributed by atoms with Crippen LogP contribution in [0.1, 0.15) is 61.6 Å². The number of benzene rings is 3. The SMILES string of the molecule is CCCOc1ccc([C@](O)(CCc2ccccc2)[C@@H](CN2CCCCC2)c2ccccc2)cc1. The van der Waals surface area contributed by atoms with Crippen LogP contribution in [0, 0.1) is 0 Å². The number of rotatable bonds is 11. The van der Waals surface area contributed by atoms with E-state index in [1.807, 2.05) is 18.2 Å². The molecule has 0 unspecified atom stereocenters.